The van der Waals surface area contributed by atoms with Crippen LogP contribution < -0.4 is 0 Å². The summed E-state index contributed by atoms with van der Waals surface area (Å²) in [5.74, 6) is -0.458. The van der Waals surface area contributed by atoms with Crippen molar-refractivity contribution in [2.24, 2.45) is 0 Å². The molecule has 0 aliphatic heterocycles. The maximum Gasteiger partial charge on any atom is 0.387 e. The molecule has 0 saturated heterocycles. The van der Waals surface area contributed by atoms with Gasteiger partial charge in [-0.25, -0.2) is 11.4 Å². The summed E-state index contributed by atoms with van der Waals surface area (Å²) in [5, 5.41) is 0. The molecule has 0 radical (unpaired) electrons. The van der Waals surface area contributed by atoms with Gasteiger partial charge in [-0.15, -0.1) is 0 Å². The molecule has 0 spiro atoms. The van der Waals surface area contributed by atoms with Crippen LogP contribution >= 0.6 is 0 Å². The fourth-order valence-corrected chi connectivity index (χ4v) is 1.11. The van der Waals surface area contributed by atoms with Gasteiger partial charge in [0.05, 0.1) is 13.2 Å². The maximum atomic E-state index is 10.9. The third kappa shape index (κ3) is 11.3. The molecule has 6 heteroatoms. The highest BCUT2D eigenvalue weighted by Crippen LogP contribution is 1.87. The van der Waals surface area contributed by atoms with Gasteiger partial charge in [0.2, 0.25) is 0 Å². The summed E-state index contributed by atoms with van der Waals surface area (Å²) >= 11 is 0. The number of rotatable bonds is 10. The van der Waals surface area contributed by atoms with E-state index < -0.39 is 5.97 Å². The lowest BCUT2D eigenvalue weighted by molar-refractivity contribution is -0.141. The molecule has 0 aromatic heterocycles. The molecule has 0 unspecified atom stereocenters. The molecular formula is C12H23N3O3. The van der Waals surface area contributed by atoms with Gasteiger partial charge in [-0.2, -0.15) is 0 Å². The Morgan fingerprint density at radius 3 is 2.33 bits per heavy atom. The Labute approximate surface area is 109 Å². The van der Waals surface area contributed by atoms with Crippen LogP contribution in [0.3, 0.4) is 0 Å². The summed E-state index contributed by atoms with van der Waals surface area (Å²) in [5.41, 5.74) is 0. The fraction of sp³-hybridized carbons (Fsp3) is 0.833. The lowest BCUT2D eigenvalue weighted by Gasteiger charge is -2.16. The lowest BCUT2D eigenvalue weighted by Crippen LogP contribution is -2.29. The minimum Gasteiger partial charge on any atom is -0.459 e. The molecule has 0 fully saturated rings. The van der Waals surface area contributed by atoms with Crippen molar-refractivity contribution < 1.29 is 14.3 Å². The van der Waals surface area contributed by atoms with Gasteiger partial charge in [0.1, 0.15) is 6.61 Å². The molecule has 0 bridgehead atoms. The maximum absolute atomic E-state index is 10.9. The second-order valence-electron chi connectivity index (χ2n) is 4.26. The topological polar surface area (TPSA) is 46.4 Å². The third-order valence-electron chi connectivity index (χ3n) is 2.24. The first-order valence-electron chi connectivity index (χ1n) is 5.96. The van der Waals surface area contributed by atoms with Crippen molar-refractivity contribution in [2.45, 2.75) is 0 Å². The van der Waals surface area contributed by atoms with Gasteiger partial charge in [-0.1, -0.05) is 0 Å². The Hall–Kier alpha value is -1.16. The summed E-state index contributed by atoms with van der Waals surface area (Å²) in [4.78, 5) is 18.0. The number of hydrogen-bond donors (Lipinski definition) is 0. The number of carbonyl (C=O) groups excluding carboxylic acids is 1. The van der Waals surface area contributed by atoms with Gasteiger partial charge >= 0.3 is 12.5 Å². The molecule has 0 atom stereocenters. The highest BCUT2D eigenvalue weighted by molar-refractivity contribution is 5.73. The molecule has 0 aliphatic rings. The molecule has 0 aliphatic carbocycles. The third-order valence-corrected chi connectivity index (χ3v) is 2.24. The zero-order valence-corrected chi connectivity index (χ0v) is 11.5. The van der Waals surface area contributed by atoms with Crippen molar-refractivity contribution in [1.29, 1.82) is 0 Å². The first-order chi connectivity index (χ1) is 8.56. The van der Waals surface area contributed by atoms with Crippen LogP contribution in [0, 0.1) is 6.57 Å². The van der Waals surface area contributed by atoms with Crippen LogP contribution in [-0.2, 0) is 14.3 Å². The molecule has 0 amide bonds. The molecule has 0 heterocycles. The van der Waals surface area contributed by atoms with Crippen LogP contribution in [0.1, 0.15) is 0 Å². The van der Waals surface area contributed by atoms with Gasteiger partial charge in [0.15, 0.2) is 0 Å². The van der Waals surface area contributed by atoms with E-state index in [4.69, 9.17) is 16.0 Å². The van der Waals surface area contributed by atoms with Crippen molar-refractivity contribution >= 4 is 5.97 Å². The van der Waals surface area contributed by atoms with Gasteiger partial charge in [0, 0.05) is 19.6 Å². The summed E-state index contributed by atoms with van der Waals surface area (Å²) < 4.78 is 10.3. The Morgan fingerprint density at radius 1 is 1.11 bits per heavy atom. The summed E-state index contributed by atoms with van der Waals surface area (Å²) in [6, 6.07) is 0. The van der Waals surface area contributed by atoms with Crippen molar-refractivity contribution in [3.05, 3.63) is 11.4 Å². The second-order valence-corrected chi connectivity index (χ2v) is 4.26. The highest BCUT2D eigenvalue weighted by Gasteiger charge is 2.05. The molecule has 0 aromatic carbocycles. The molecule has 0 N–H and O–H groups in total. The lowest BCUT2D eigenvalue weighted by atomic mass is 10.5. The molecule has 18 heavy (non-hydrogen) atoms. The van der Waals surface area contributed by atoms with E-state index in [1.54, 1.807) is 0 Å². The van der Waals surface area contributed by atoms with Crippen LogP contribution in [0.4, 0.5) is 0 Å². The van der Waals surface area contributed by atoms with Crippen molar-refractivity contribution in [2.75, 3.05) is 67.1 Å². The standard InChI is InChI=1S/C12H23N3O3/c1-13-11-12(16)18-10-7-15(4)6-9-17-8-5-14(2)3/h5-11H2,2-4H3. The number of nitrogens with zero attached hydrogens (tertiary/aromatic N) is 3. The summed E-state index contributed by atoms with van der Waals surface area (Å²) in [7, 11) is 5.96. The predicted molar refractivity (Wildman–Crippen MR) is 69.3 cm³/mol. The fourth-order valence-electron chi connectivity index (χ4n) is 1.11. The van der Waals surface area contributed by atoms with Gasteiger partial charge in [-0.05, 0) is 21.1 Å². The number of esters is 1. The van der Waals surface area contributed by atoms with Gasteiger partial charge in [-0.3, -0.25) is 0 Å². The summed E-state index contributed by atoms with van der Waals surface area (Å²) in [6.07, 6.45) is 0. The van der Waals surface area contributed by atoms with E-state index in [1.807, 2.05) is 26.0 Å². The number of likely N-dealkylation sites (N-methyl/N-ethyl adjacent to an activating group) is 2. The number of ether oxygens (including phenoxy) is 2. The molecule has 0 aromatic rings. The SMILES string of the molecule is [C-]#[N+]CC(=O)OCCN(C)CCOCCN(C)C. The van der Waals surface area contributed by atoms with Gasteiger partial charge < -0.3 is 24.1 Å². The van der Waals surface area contributed by atoms with Crippen molar-refractivity contribution in [3.63, 3.8) is 0 Å². The van der Waals surface area contributed by atoms with Crippen molar-refractivity contribution in [1.82, 2.24) is 9.80 Å². The highest BCUT2D eigenvalue weighted by atomic mass is 16.5. The van der Waals surface area contributed by atoms with Crippen LogP contribution in [0.2, 0.25) is 0 Å². The van der Waals surface area contributed by atoms with Crippen LogP contribution in [0.25, 0.3) is 4.85 Å². The smallest absolute Gasteiger partial charge is 0.387 e. The minimum absolute atomic E-state index is 0.197. The molecular weight excluding hydrogens is 234 g/mol. The molecule has 6 nitrogen and oxygen atoms in total. The summed E-state index contributed by atoms with van der Waals surface area (Å²) in [6.45, 7) is 10.4. The quantitative estimate of drug-likeness (QED) is 0.312. The zero-order valence-electron chi connectivity index (χ0n) is 11.5. The molecule has 104 valence electrons. The number of hydrogen-bond acceptors (Lipinski definition) is 5. The second kappa shape index (κ2) is 11.0. The Balaban J connectivity index is 3.35. The Kier molecular flexibility index (Phi) is 10.3. The first-order valence-corrected chi connectivity index (χ1v) is 5.96. The van der Waals surface area contributed by atoms with E-state index in [1.165, 1.54) is 0 Å². The van der Waals surface area contributed by atoms with E-state index in [0.29, 0.717) is 19.8 Å². The Morgan fingerprint density at radius 2 is 1.72 bits per heavy atom. The van der Waals surface area contributed by atoms with Crippen LogP contribution in [0.5, 0.6) is 0 Å². The van der Waals surface area contributed by atoms with Crippen LogP contribution in [0.15, 0.2) is 0 Å². The van der Waals surface area contributed by atoms with E-state index in [2.05, 4.69) is 9.74 Å². The predicted octanol–water partition coefficient (Wildman–Crippen LogP) is -0.0411. The number of carbonyl (C=O) groups is 1. The van der Waals surface area contributed by atoms with E-state index >= 15 is 0 Å². The zero-order chi connectivity index (χ0) is 13.8. The molecule has 0 saturated carbocycles. The minimum atomic E-state index is -0.458. The average Bonchev–Trinajstić information content (AvgIpc) is 2.28. The van der Waals surface area contributed by atoms with Crippen LogP contribution in [-0.4, -0.2) is 82.9 Å². The van der Waals surface area contributed by atoms with E-state index in [0.717, 1.165) is 19.7 Å². The largest absolute Gasteiger partial charge is 0.459 e. The van der Waals surface area contributed by atoms with E-state index in [9.17, 15) is 4.79 Å². The van der Waals surface area contributed by atoms with E-state index in [-0.39, 0.29) is 6.54 Å². The first kappa shape index (κ1) is 16.8. The average molecular weight is 257 g/mol. The van der Waals surface area contributed by atoms with Gasteiger partial charge in [0.25, 0.3) is 0 Å². The molecule has 0 rings (SSSR count). The Bertz CT molecular complexity index is 264. The van der Waals surface area contributed by atoms with Crippen molar-refractivity contribution in [3.8, 4) is 0 Å². The monoisotopic (exact) mass is 257 g/mol. The normalized spacial score (nSPS) is 10.7.